The van der Waals surface area contributed by atoms with Crippen LogP contribution in [0.25, 0.3) is 0 Å². The summed E-state index contributed by atoms with van der Waals surface area (Å²) >= 11 is 1.92. The standard InChI is InChI=1S/C16H29NO2S/c1-12(2)8-13-4-3-5-14(9-13)17-6-7-20-11-15(17)10-16(18)19/h12-15H,3-11H2,1-2H3,(H,18,19). The zero-order valence-electron chi connectivity index (χ0n) is 12.9. The quantitative estimate of drug-likeness (QED) is 0.843. The first kappa shape index (κ1) is 16.2. The second-order valence-electron chi connectivity index (χ2n) is 6.88. The van der Waals surface area contributed by atoms with Gasteiger partial charge in [0.25, 0.3) is 0 Å². The molecule has 116 valence electrons. The first-order chi connectivity index (χ1) is 9.56. The normalized spacial score (nSPS) is 32.5. The third-order valence-electron chi connectivity index (χ3n) is 4.71. The summed E-state index contributed by atoms with van der Waals surface area (Å²) in [5.74, 6) is 3.16. The van der Waals surface area contributed by atoms with Gasteiger partial charge in [0.05, 0.1) is 6.42 Å². The van der Waals surface area contributed by atoms with Crippen LogP contribution in [0.1, 0.15) is 52.4 Å². The first-order valence-corrected chi connectivity index (χ1v) is 9.27. The van der Waals surface area contributed by atoms with Crippen molar-refractivity contribution in [3.8, 4) is 0 Å². The van der Waals surface area contributed by atoms with E-state index < -0.39 is 5.97 Å². The van der Waals surface area contributed by atoms with E-state index in [2.05, 4.69) is 18.7 Å². The van der Waals surface area contributed by atoms with Gasteiger partial charge in [-0.15, -0.1) is 0 Å². The maximum absolute atomic E-state index is 11.1. The van der Waals surface area contributed by atoms with E-state index in [0.717, 1.165) is 24.1 Å². The lowest BCUT2D eigenvalue weighted by molar-refractivity contribution is -0.138. The molecule has 1 aliphatic heterocycles. The van der Waals surface area contributed by atoms with Crippen LogP contribution in [0.3, 0.4) is 0 Å². The largest absolute Gasteiger partial charge is 0.481 e. The van der Waals surface area contributed by atoms with Gasteiger partial charge in [0.1, 0.15) is 0 Å². The molecule has 0 aromatic heterocycles. The number of thioether (sulfide) groups is 1. The number of rotatable bonds is 5. The monoisotopic (exact) mass is 299 g/mol. The van der Waals surface area contributed by atoms with Crippen LogP contribution in [0, 0.1) is 11.8 Å². The molecule has 3 nitrogen and oxygen atoms in total. The Morgan fingerprint density at radius 2 is 2.20 bits per heavy atom. The third kappa shape index (κ3) is 4.66. The van der Waals surface area contributed by atoms with Crippen molar-refractivity contribution in [2.24, 2.45) is 11.8 Å². The summed E-state index contributed by atoms with van der Waals surface area (Å²) in [6.07, 6.45) is 6.92. The number of carboxylic acid groups (broad SMARTS) is 1. The molecular weight excluding hydrogens is 270 g/mol. The maximum Gasteiger partial charge on any atom is 0.304 e. The summed E-state index contributed by atoms with van der Waals surface area (Å²) in [5, 5.41) is 9.12. The van der Waals surface area contributed by atoms with Crippen molar-refractivity contribution in [2.75, 3.05) is 18.1 Å². The number of carboxylic acids is 1. The molecule has 0 radical (unpaired) electrons. The number of hydrogen-bond acceptors (Lipinski definition) is 3. The van der Waals surface area contributed by atoms with E-state index in [1.807, 2.05) is 11.8 Å². The highest BCUT2D eigenvalue weighted by Gasteiger charge is 2.33. The molecule has 0 amide bonds. The number of nitrogens with zero attached hydrogens (tertiary/aromatic N) is 1. The van der Waals surface area contributed by atoms with Crippen LogP contribution < -0.4 is 0 Å². The molecule has 4 heteroatoms. The SMILES string of the molecule is CC(C)CC1CCCC(N2CCSCC2CC(=O)O)C1. The molecule has 1 N–H and O–H groups in total. The minimum Gasteiger partial charge on any atom is -0.481 e. The molecule has 1 heterocycles. The van der Waals surface area contributed by atoms with Crippen molar-refractivity contribution in [2.45, 2.75) is 64.5 Å². The second kappa shape index (κ2) is 7.69. The highest BCUT2D eigenvalue weighted by Crippen LogP contribution is 2.34. The fourth-order valence-electron chi connectivity index (χ4n) is 3.97. The Kier molecular flexibility index (Phi) is 6.21. The summed E-state index contributed by atoms with van der Waals surface area (Å²) in [5.41, 5.74) is 0. The number of hydrogen-bond donors (Lipinski definition) is 1. The summed E-state index contributed by atoms with van der Waals surface area (Å²) in [6, 6.07) is 0.895. The van der Waals surface area contributed by atoms with Crippen molar-refractivity contribution in [1.29, 1.82) is 0 Å². The molecule has 0 aromatic rings. The van der Waals surface area contributed by atoms with Crippen LogP contribution in [0.4, 0.5) is 0 Å². The van der Waals surface area contributed by atoms with E-state index >= 15 is 0 Å². The second-order valence-corrected chi connectivity index (χ2v) is 8.03. The predicted octanol–water partition coefficient (Wildman–Crippen LogP) is 3.48. The van der Waals surface area contributed by atoms with Crippen LogP contribution >= 0.6 is 11.8 Å². The van der Waals surface area contributed by atoms with Gasteiger partial charge >= 0.3 is 5.97 Å². The molecule has 20 heavy (non-hydrogen) atoms. The van der Waals surface area contributed by atoms with Crippen LogP contribution in [-0.4, -0.2) is 46.1 Å². The lowest BCUT2D eigenvalue weighted by Gasteiger charge is -2.44. The van der Waals surface area contributed by atoms with E-state index in [-0.39, 0.29) is 6.04 Å². The van der Waals surface area contributed by atoms with E-state index in [4.69, 9.17) is 5.11 Å². The molecule has 3 unspecified atom stereocenters. The van der Waals surface area contributed by atoms with Gasteiger partial charge in [-0.1, -0.05) is 26.7 Å². The molecule has 0 bridgehead atoms. The van der Waals surface area contributed by atoms with Gasteiger partial charge in [-0.3, -0.25) is 9.69 Å². The van der Waals surface area contributed by atoms with Gasteiger partial charge in [-0.05, 0) is 31.1 Å². The van der Waals surface area contributed by atoms with Gasteiger partial charge < -0.3 is 5.11 Å². The fraction of sp³-hybridized carbons (Fsp3) is 0.938. The maximum atomic E-state index is 11.1. The van der Waals surface area contributed by atoms with E-state index in [9.17, 15) is 4.79 Å². The Morgan fingerprint density at radius 1 is 1.40 bits per heavy atom. The summed E-state index contributed by atoms with van der Waals surface area (Å²) in [6.45, 7) is 5.71. The van der Waals surface area contributed by atoms with Crippen molar-refractivity contribution >= 4 is 17.7 Å². The van der Waals surface area contributed by atoms with Gasteiger partial charge in [-0.2, -0.15) is 11.8 Å². The van der Waals surface area contributed by atoms with Gasteiger partial charge in [0.15, 0.2) is 0 Å². The van der Waals surface area contributed by atoms with Gasteiger partial charge in [0.2, 0.25) is 0 Å². The zero-order chi connectivity index (χ0) is 14.5. The lowest BCUT2D eigenvalue weighted by atomic mass is 9.80. The molecule has 1 aliphatic carbocycles. The average molecular weight is 299 g/mol. The summed E-state index contributed by atoms with van der Waals surface area (Å²) < 4.78 is 0. The molecule has 2 fully saturated rings. The van der Waals surface area contributed by atoms with Crippen molar-refractivity contribution in [3.05, 3.63) is 0 Å². The molecule has 1 saturated heterocycles. The summed E-state index contributed by atoms with van der Waals surface area (Å²) in [4.78, 5) is 13.6. The average Bonchev–Trinajstić information content (AvgIpc) is 2.38. The molecule has 3 atom stereocenters. The Bertz CT molecular complexity index is 322. The molecular formula is C16H29NO2S. The van der Waals surface area contributed by atoms with Crippen LogP contribution in [0.5, 0.6) is 0 Å². The van der Waals surface area contributed by atoms with Gasteiger partial charge in [0, 0.05) is 30.1 Å². The van der Waals surface area contributed by atoms with Crippen LogP contribution in [0.2, 0.25) is 0 Å². The third-order valence-corrected chi connectivity index (χ3v) is 5.80. The highest BCUT2D eigenvalue weighted by molar-refractivity contribution is 7.99. The molecule has 1 saturated carbocycles. The molecule has 2 rings (SSSR count). The smallest absolute Gasteiger partial charge is 0.304 e. The molecule has 0 spiro atoms. The van der Waals surface area contributed by atoms with Crippen LogP contribution in [0.15, 0.2) is 0 Å². The summed E-state index contributed by atoms with van der Waals surface area (Å²) in [7, 11) is 0. The minimum atomic E-state index is -0.642. The molecule has 0 aromatic carbocycles. The Balaban J connectivity index is 1.94. The fourth-order valence-corrected chi connectivity index (χ4v) is 5.06. The van der Waals surface area contributed by atoms with E-state index in [1.165, 1.54) is 37.9 Å². The topological polar surface area (TPSA) is 40.5 Å². The number of carbonyl (C=O) groups is 1. The first-order valence-electron chi connectivity index (χ1n) is 8.11. The zero-order valence-corrected chi connectivity index (χ0v) is 13.7. The van der Waals surface area contributed by atoms with Gasteiger partial charge in [-0.25, -0.2) is 0 Å². The van der Waals surface area contributed by atoms with Crippen LogP contribution in [-0.2, 0) is 4.79 Å². The number of aliphatic carboxylic acids is 1. The van der Waals surface area contributed by atoms with E-state index in [0.29, 0.717) is 12.5 Å². The van der Waals surface area contributed by atoms with Crippen molar-refractivity contribution < 1.29 is 9.90 Å². The van der Waals surface area contributed by atoms with Crippen molar-refractivity contribution in [1.82, 2.24) is 4.90 Å². The Morgan fingerprint density at radius 3 is 2.90 bits per heavy atom. The highest BCUT2D eigenvalue weighted by atomic mass is 32.2. The Hall–Kier alpha value is -0.220. The van der Waals surface area contributed by atoms with Crippen molar-refractivity contribution in [3.63, 3.8) is 0 Å². The lowest BCUT2D eigenvalue weighted by Crippen LogP contribution is -2.50. The Labute approximate surface area is 127 Å². The van der Waals surface area contributed by atoms with E-state index in [1.54, 1.807) is 0 Å². The predicted molar refractivity (Wildman–Crippen MR) is 85.3 cm³/mol. The minimum absolute atomic E-state index is 0.258. The molecule has 2 aliphatic rings.